The van der Waals surface area contributed by atoms with Crippen LogP contribution < -0.4 is 0 Å². The summed E-state index contributed by atoms with van der Waals surface area (Å²) in [5.41, 5.74) is 4.51. The molecule has 0 unspecified atom stereocenters. The van der Waals surface area contributed by atoms with Gasteiger partial charge in [-0.1, -0.05) is 54.7 Å². The fourth-order valence-corrected chi connectivity index (χ4v) is 3.42. The van der Waals surface area contributed by atoms with E-state index < -0.39 is 0 Å². The first-order valence-electron chi connectivity index (χ1n) is 9.56. The van der Waals surface area contributed by atoms with Crippen LogP contribution >= 0.6 is 11.9 Å². The molecule has 4 rings (SSSR count). The molecule has 152 valence electrons. The number of hydrogen-bond donors (Lipinski definition) is 2. The Balaban J connectivity index is 0.000000194. The first kappa shape index (κ1) is 22.5. The number of fused-ring (bicyclic) bond motifs is 3. The molecule has 2 aliphatic rings. The zero-order valence-corrected chi connectivity index (χ0v) is 17.8. The molecule has 1 aromatic carbocycles. The van der Waals surface area contributed by atoms with Crippen molar-refractivity contribution in [3.63, 3.8) is 0 Å². The summed E-state index contributed by atoms with van der Waals surface area (Å²) in [6.07, 6.45) is 16.2. The van der Waals surface area contributed by atoms with Crippen LogP contribution in [0.15, 0.2) is 60.7 Å². The van der Waals surface area contributed by atoms with E-state index in [1.807, 2.05) is 12.2 Å². The minimum atomic E-state index is 0.0417. The Morgan fingerprint density at radius 1 is 1.07 bits per heavy atom. The summed E-state index contributed by atoms with van der Waals surface area (Å²) in [6.45, 7) is 5.61. The molecule has 5 nitrogen and oxygen atoms in total. The van der Waals surface area contributed by atoms with E-state index in [0.717, 1.165) is 31.5 Å². The van der Waals surface area contributed by atoms with Crippen molar-refractivity contribution in [1.82, 2.24) is 14.1 Å². The van der Waals surface area contributed by atoms with E-state index in [0.29, 0.717) is 0 Å². The molecule has 0 spiro atoms. The highest BCUT2D eigenvalue weighted by Crippen LogP contribution is 2.30. The molecule has 0 saturated carbocycles. The van der Waals surface area contributed by atoms with Crippen LogP contribution in [0.4, 0.5) is 0 Å². The standard InChI is InChI=1S/C14H18N2.C7H8.CH5NO2S/c1-3-16-13-7-5-4-6-11(13)12-10-15(2)9-8-14(12)16;1-2-4-6-7-5-3-1;1-5-2(3)4/h4-7H,3,8-10H2,1-2H3;1-6H,7H2;3-4H,1H3. The zero-order chi connectivity index (χ0) is 20.4. The minimum Gasteiger partial charge on any atom is -0.344 e. The summed E-state index contributed by atoms with van der Waals surface area (Å²) in [7, 11) is 2.21. The van der Waals surface area contributed by atoms with Crippen LogP contribution in [0.2, 0.25) is 0 Å². The number of hydrogen-bond acceptors (Lipinski definition) is 5. The van der Waals surface area contributed by atoms with Crippen molar-refractivity contribution in [3.8, 4) is 0 Å². The summed E-state index contributed by atoms with van der Waals surface area (Å²) in [6, 6.07) is 8.80. The maximum Gasteiger partial charge on any atom is 0.0485 e. The largest absolute Gasteiger partial charge is 0.344 e. The number of aromatic nitrogens is 1. The van der Waals surface area contributed by atoms with Crippen LogP contribution in [0.3, 0.4) is 0 Å². The Bertz CT molecular complexity index is 811. The number of likely N-dealkylation sites (N-methyl/N-ethyl adjacent to an activating group) is 1. The Hall–Kier alpha value is -1.83. The van der Waals surface area contributed by atoms with E-state index in [9.17, 15) is 0 Å². The summed E-state index contributed by atoms with van der Waals surface area (Å²) < 4.78 is 2.53. The van der Waals surface area contributed by atoms with Crippen LogP contribution in [0, 0.1) is 0 Å². The third-order valence-corrected chi connectivity index (χ3v) is 5.04. The van der Waals surface area contributed by atoms with E-state index in [1.165, 1.54) is 23.9 Å². The fraction of sp³-hybridized carbons (Fsp3) is 0.364. The molecule has 0 bridgehead atoms. The molecule has 1 aliphatic heterocycles. The topological polar surface area (TPSA) is 51.9 Å². The van der Waals surface area contributed by atoms with Crippen LogP contribution in [0.1, 0.15) is 24.6 Å². The molecular weight excluding hydrogens is 370 g/mol. The van der Waals surface area contributed by atoms with Crippen molar-refractivity contribution in [2.75, 3.05) is 19.8 Å². The molecule has 0 amide bonds. The van der Waals surface area contributed by atoms with Gasteiger partial charge in [0.2, 0.25) is 0 Å². The van der Waals surface area contributed by atoms with Gasteiger partial charge in [0.15, 0.2) is 0 Å². The van der Waals surface area contributed by atoms with Crippen LogP contribution in [-0.4, -0.2) is 44.4 Å². The average Bonchev–Trinajstić information content (AvgIpc) is 2.88. The van der Waals surface area contributed by atoms with E-state index in [-0.39, 0.29) is 4.63 Å². The predicted octanol–water partition coefficient (Wildman–Crippen LogP) is 5.05. The number of benzene rings is 1. The van der Waals surface area contributed by atoms with Gasteiger partial charge in [0, 0.05) is 48.9 Å². The maximum absolute atomic E-state index is 7.71. The molecule has 1 aliphatic carbocycles. The van der Waals surface area contributed by atoms with Gasteiger partial charge in [0.05, 0.1) is 0 Å². The molecule has 2 aromatic rings. The quantitative estimate of drug-likeness (QED) is 0.545. The second-order valence-corrected chi connectivity index (χ2v) is 7.28. The number of para-hydroxylation sites is 1. The minimum absolute atomic E-state index is 0.0417. The van der Waals surface area contributed by atoms with Crippen molar-refractivity contribution in [2.45, 2.75) is 32.9 Å². The van der Waals surface area contributed by atoms with Crippen LogP contribution in [0.25, 0.3) is 10.9 Å². The lowest BCUT2D eigenvalue weighted by atomic mass is 10.1. The van der Waals surface area contributed by atoms with Crippen molar-refractivity contribution in [2.24, 2.45) is 0 Å². The molecule has 6 heteroatoms. The van der Waals surface area contributed by atoms with E-state index in [1.54, 1.807) is 17.5 Å². The number of allylic oxidation sites excluding steroid dienone is 6. The Morgan fingerprint density at radius 3 is 2.32 bits per heavy atom. The summed E-state index contributed by atoms with van der Waals surface area (Å²) in [5.74, 6) is 0. The molecule has 0 radical (unpaired) electrons. The summed E-state index contributed by atoms with van der Waals surface area (Å²) in [5, 5.41) is 16.9. The second kappa shape index (κ2) is 11.9. The van der Waals surface area contributed by atoms with Crippen molar-refractivity contribution < 1.29 is 10.4 Å². The highest BCUT2D eigenvalue weighted by Gasteiger charge is 2.20. The molecular formula is C22H31N3O2S. The van der Waals surface area contributed by atoms with Crippen molar-refractivity contribution in [3.05, 3.63) is 72.0 Å². The molecule has 0 saturated heterocycles. The van der Waals surface area contributed by atoms with Gasteiger partial charge in [-0.25, -0.2) is 0 Å². The zero-order valence-electron chi connectivity index (χ0n) is 17.0. The van der Waals surface area contributed by atoms with E-state index in [4.69, 9.17) is 10.4 Å². The SMILES string of the molecule is C1=CC=CCC=C1.CCn1c2c(c3ccccc31)CN(C)CC2.CSN(O)O. The normalized spacial score (nSPS) is 15.5. The van der Waals surface area contributed by atoms with Gasteiger partial charge in [0.1, 0.15) is 0 Å². The predicted molar refractivity (Wildman–Crippen MR) is 119 cm³/mol. The summed E-state index contributed by atoms with van der Waals surface area (Å²) >= 11 is 0.824. The highest BCUT2D eigenvalue weighted by atomic mass is 32.2. The monoisotopic (exact) mass is 401 g/mol. The van der Waals surface area contributed by atoms with Gasteiger partial charge < -0.3 is 9.47 Å². The maximum atomic E-state index is 7.71. The lowest BCUT2D eigenvalue weighted by Crippen LogP contribution is -2.27. The van der Waals surface area contributed by atoms with Gasteiger partial charge >= 0.3 is 0 Å². The lowest BCUT2D eigenvalue weighted by Gasteiger charge is -2.24. The average molecular weight is 402 g/mol. The third kappa shape index (κ3) is 6.36. The van der Waals surface area contributed by atoms with Gasteiger partial charge in [0.25, 0.3) is 0 Å². The highest BCUT2D eigenvalue weighted by molar-refractivity contribution is 7.95. The Morgan fingerprint density at radius 2 is 1.71 bits per heavy atom. The third-order valence-electron chi connectivity index (χ3n) is 4.71. The molecule has 28 heavy (non-hydrogen) atoms. The van der Waals surface area contributed by atoms with Crippen LogP contribution in [0.5, 0.6) is 0 Å². The Kier molecular flexibility index (Phi) is 9.54. The first-order valence-corrected chi connectivity index (χ1v) is 10.7. The van der Waals surface area contributed by atoms with Crippen molar-refractivity contribution >= 4 is 22.9 Å². The van der Waals surface area contributed by atoms with Gasteiger partial charge in [-0.3, -0.25) is 10.4 Å². The molecule has 0 fully saturated rings. The second-order valence-electron chi connectivity index (χ2n) is 6.59. The van der Waals surface area contributed by atoms with Crippen molar-refractivity contribution in [1.29, 1.82) is 0 Å². The van der Waals surface area contributed by atoms with E-state index in [2.05, 4.69) is 72.0 Å². The van der Waals surface area contributed by atoms with E-state index >= 15 is 0 Å². The van der Waals surface area contributed by atoms with Gasteiger partial charge in [-0.15, -0.1) is 0 Å². The van der Waals surface area contributed by atoms with Crippen LogP contribution in [-0.2, 0) is 19.5 Å². The molecule has 1 aromatic heterocycles. The summed E-state index contributed by atoms with van der Waals surface area (Å²) in [4.78, 5) is 2.41. The smallest absolute Gasteiger partial charge is 0.0485 e. The Labute approximate surface area is 172 Å². The lowest BCUT2D eigenvalue weighted by molar-refractivity contribution is -0.216. The number of nitrogens with zero attached hydrogens (tertiary/aromatic N) is 3. The van der Waals surface area contributed by atoms with Gasteiger partial charge in [-0.2, -0.15) is 0 Å². The number of aryl methyl sites for hydroxylation is 1. The first-order chi connectivity index (χ1) is 13.6. The molecule has 0 atom stereocenters. The molecule has 2 N–H and O–H groups in total. The fourth-order valence-electron chi connectivity index (χ4n) is 3.42. The van der Waals surface area contributed by atoms with Gasteiger partial charge in [-0.05, 0) is 48.6 Å². The molecule has 2 heterocycles. The number of rotatable bonds is 2.